The van der Waals surface area contributed by atoms with Crippen LogP contribution in [0.25, 0.3) is 16.3 Å². The summed E-state index contributed by atoms with van der Waals surface area (Å²) < 4.78 is 12.2. The summed E-state index contributed by atoms with van der Waals surface area (Å²) in [5.41, 5.74) is 1.73. The second kappa shape index (κ2) is 9.37. The number of nitrogens with zero attached hydrogens (tertiary/aromatic N) is 1. The molecule has 0 aliphatic heterocycles. The number of methoxy groups -OCH3 is 1. The van der Waals surface area contributed by atoms with Crippen molar-refractivity contribution < 1.29 is 14.3 Å². The summed E-state index contributed by atoms with van der Waals surface area (Å²) in [5, 5.41) is 3.39. The molecule has 6 heteroatoms. The lowest BCUT2D eigenvalue weighted by molar-refractivity contribution is -0.111. The van der Waals surface area contributed by atoms with Gasteiger partial charge in [-0.15, -0.1) is 0 Å². The molecule has 3 rings (SSSR count). The summed E-state index contributed by atoms with van der Waals surface area (Å²) >= 11 is 1.45. The molecule has 0 spiro atoms. The van der Waals surface area contributed by atoms with Gasteiger partial charge in [-0.2, -0.15) is 0 Å². The van der Waals surface area contributed by atoms with Gasteiger partial charge in [0.2, 0.25) is 5.91 Å². The number of aromatic nitrogens is 1. The molecule has 0 aliphatic rings. The predicted molar refractivity (Wildman–Crippen MR) is 115 cm³/mol. The van der Waals surface area contributed by atoms with Gasteiger partial charge >= 0.3 is 0 Å². The SMILES string of the molecule is COc1cc(/C=C/C(=O)Nc2nc3ccccc3s2)ccc1OCCC(C)C. The second-order valence-corrected chi connectivity index (χ2v) is 7.78. The molecule has 0 unspecified atom stereocenters. The quantitative estimate of drug-likeness (QED) is 0.519. The van der Waals surface area contributed by atoms with Gasteiger partial charge in [-0.1, -0.05) is 43.4 Å². The number of amides is 1. The molecule has 0 aliphatic carbocycles. The van der Waals surface area contributed by atoms with E-state index in [0.29, 0.717) is 29.2 Å². The average Bonchev–Trinajstić information content (AvgIpc) is 3.08. The van der Waals surface area contributed by atoms with Crippen LogP contribution in [0.3, 0.4) is 0 Å². The van der Waals surface area contributed by atoms with E-state index < -0.39 is 0 Å². The fourth-order valence-electron chi connectivity index (χ4n) is 2.56. The van der Waals surface area contributed by atoms with Crippen LogP contribution in [0.2, 0.25) is 0 Å². The number of hydrogen-bond donors (Lipinski definition) is 1. The number of thiazole rings is 1. The highest BCUT2D eigenvalue weighted by molar-refractivity contribution is 7.22. The molecule has 0 bridgehead atoms. The Bertz CT molecular complexity index is 946. The smallest absolute Gasteiger partial charge is 0.250 e. The number of ether oxygens (including phenoxy) is 2. The number of para-hydroxylation sites is 1. The molecule has 28 heavy (non-hydrogen) atoms. The first-order valence-electron chi connectivity index (χ1n) is 9.20. The molecule has 0 fully saturated rings. The molecule has 2 aromatic carbocycles. The van der Waals surface area contributed by atoms with Gasteiger partial charge in [0.05, 0.1) is 23.9 Å². The lowest BCUT2D eigenvalue weighted by Crippen LogP contribution is -2.07. The third-order valence-electron chi connectivity index (χ3n) is 4.09. The van der Waals surface area contributed by atoms with Crippen molar-refractivity contribution in [2.75, 3.05) is 19.0 Å². The first-order chi connectivity index (χ1) is 13.5. The maximum absolute atomic E-state index is 12.2. The number of carbonyl (C=O) groups is 1. The van der Waals surface area contributed by atoms with Crippen molar-refractivity contribution in [3.8, 4) is 11.5 Å². The number of carbonyl (C=O) groups excluding carboxylic acids is 1. The van der Waals surface area contributed by atoms with Crippen molar-refractivity contribution in [3.05, 3.63) is 54.1 Å². The molecule has 1 amide bonds. The van der Waals surface area contributed by atoms with Crippen LogP contribution < -0.4 is 14.8 Å². The molecule has 3 aromatic rings. The van der Waals surface area contributed by atoms with Crippen molar-refractivity contribution in [2.45, 2.75) is 20.3 Å². The van der Waals surface area contributed by atoms with Crippen LogP contribution in [0.15, 0.2) is 48.5 Å². The Morgan fingerprint density at radius 3 is 2.79 bits per heavy atom. The van der Waals surface area contributed by atoms with E-state index in [9.17, 15) is 4.79 Å². The Balaban J connectivity index is 1.63. The molecule has 1 N–H and O–H groups in total. The van der Waals surface area contributed by atoms with Crippen molar-refractivity contribution in [2.24, 2.45) is 5.92 Å². The highest BCUT2D eigenvalue weighted by atomic mass is 32.1. The van der Waals surface area contributed by atoms with Crippen LogP contribution in [-0.2, 0) is 4.79 Å². The van der Waals surface area contributed by atoms with Gasteiger partial charge in [0, 0.05) is 6.08 Å². The van der Waals surface area contributed by atoms with Crippen molar-refractivity contribution in [1.82, 2.24) is 4.98 Å². The third-order valence-corrected chi connectivity index (χ3v) is 5.04. The number of nitrogens with one attached hydrogen (secondary N) is 1. The Labute approximate surface area is 169 Å². The average molecular weight is 397 g/mol. The molecular weight excluding hydrogens is 372 g/mol. The van der Waals surface area contributed by atoms with E-state index >= 15 is 0 Å². The molecular formula is C22H24N2O3S. The molecule has 1 aromatic heterocycles. The van der Waals surface area contributed by atoms with Crippen LogP contribution >= 0.6 is 11.3 Å². The Kier molecular flexibility index (Phi) is 6.66. The van der Waals surface area contributed by atoms with Gasteiger partial charge in [-0.3, -0.25) is 10.1 Å². The second-order valence-electron chi connectivity index (χ2n) is 6.75. The first kappa shape index (κ1) is 19.9. The molecule has 5 nitrogen and oxygen atoms in total. The number of fused-ring (bicyclic) bond motifs is 1. The number of hydrogen-bond acceptors (Lipinski definition) is 5. The summed E-state index contributed by atoms with van der Waals surface area (Å²) in [4.78, 5) is 16.6. The van der Waals surface area contributed by atoms with Gasteiger partial charge in [0.1, 0.15) is 0 Å². The topological polar surface area (TPSA) is 60.5 Å². The largest absolute Gasteiger partial charge is 0.493 e. The van der Waals surface area contributed by atoms with Crippen molar-refractivity contribution >= 4 is 38.7 Å². The highest BCUT2D eigenvalue weighted by Crippen LogP contribution is 2.29. The monoisotopic (exact) mass is 396 g/mol. The minimum absolute atomic E-state index is 0.227. The lowest BCUT2D eigenvalue weighted by Gasteiger charge is -2.12. The van der Waals surface area contributed by atoms with Gasteiger partial charge < -0.3 is 9.47 Å². The minimum atomic E-state index is -0.227. The van der Waals surface area contributed by atoms with Crippen molar-refractivity contribution in [3.63, 3.8) is 0 Å². The number of benzene rings is 2. The first-order valence-corrected chi connectivity index (χ1v) is 10.0. The Morgan fingerprint density at radius 1 is 1.21 bits per heavy atom. The molecule has 1 heterocycles. The summed E-state index contributed by atoms with van der Waals surface area (Å²) in [5.74, 6) is 1.72. The van der Waals surface area contributed by atoms with Crippen LogP contribution in [-0.4, -0.2) is 24.6 Å². The van der Waals surface area contributed by atoms with E-state index in [1.54, 1.807) is 13.2 Å². The van der Waals surface area contributed by atoms with Gasteiger partial charge in [-0.25, -0.2) is 4.98 Å². The normalized spacial score (nSPS) is 11.3. The molecule has 0 saturated carbocycles. The summed E-state index contributed by atoms with van der Waals surface area (Å²) in [6.07, 6.45) is 4.21. The van der Waals surface area contributed by atoms with Gasteiger partial charge in [0.15, 0.2) is 16.6 Å². The zero-order chi connectivity index (χ0) is 19.9. The van der Waals surface area contributed by atoms with E-state index in [0.717, 1.165) is 22.2 Å². The van der Waals surface area contributed by atoms with E-state index in [2.05, 4.69) is 24.1 Å². The van der Waals surface area contributed by atoms with Crippen molar-refractivity contribution in [1.29, 1.82) is 0 Å². The van der Waals surface area contributed by atoms with Crippen LogP contribution in [0.1, 0.15) is 25.8 Å². The summed E-state index contributed by atoms with van der Waals surface area (Å²) in [6.45, 7) is 4.97. The summed E-state index contributed by atoms with van der Waals surface area (Å²) in [6, 6.07) is 13.4. The molecule has 0 radical (unpaired) electrons. The minimum Gasteiger partial charge on any atom is -0.493 e. The zero-order valence-electron chi connectivity index (χ0n) is 16.3. The van der Waals surface area contributed by atoms with E-state index in [4.69, 9.17) is 9.47 Å². The van der Waals surface area contributed by atoms with Gasteiger partial charge in [-0.05, 0) is 48.2 Å². The van der Waals surface area contributed by atoms with E-state index in [-0.39, 0.29) is 5.91 Å². The molecule has 0 atom stereocenters. The standard InChI is InChI=1S/C22H24N2O3S/c1-15(2)12-13-27-18-10-8-16(14-19(18)26-3)9-11-21(25)24-22-23-17-6-4-5-7-20(17)28-22/h4-11,14-15H,12-13H2,1-3H3,(H,23,24,25)/b11-9+. The Morgan fingerprint density at radius 2 is 2.04 bits per heavy atom. The summed E-state index contributed by atoms with van der Waals surface area (Å²) in [7, 11) is 1.61. The number of rotatable bonds is 8. The molecule has 146 valence electrons. The molecule has 0 saturated heterocycles. The maximum Gasteiger partial charge on any atom is 0.250 e. The van der Waals surface area contributed by atoms with E-state index in [1.165, 1.54) is 17.4 Å². The van der Waals surface area contributed by atoms with Gasteiger partial charge in [0.25, 0.3) is 0 Å². The fraction of sp³-hybridized carbons (Fsp3) is 0.273. The fourth-order valence-corrected chi connectivity index (χ4v) is 3.43. The maximum atomic E-state index is 12.2. The third kappa shape index (κ3) is 5.33. The predicted octanol–water partition coefficient (Wildman–Crippen LogP) is 5.38. The lowest BCUT2D eigenvalue weighted by atomic mass is 10.1. The van der Waals surface area contributed by atoms with E-state index in [1.807, 2.05) is 42.5 Å². The Hall–Kier alpha value is -2.86. The highest BCUT2D eigenvalue weighted by Gasteiger charge is 2.07. The zero-order valence-corrected chi connectivity index (χ0v) is 17.1. The van der Waals surface area contributed by atoms with Crippen LogP contribution in [0.5, 0.6) is 11.5 Å². The van der Waals surface area contributed by atoms with Crippen LogP contribution in [0, 0.1) is 5.92 Å². The number of anilines is 1. The van der Waals surface area contributed by atoms with Crippen LogP contribution in [0.4, 0.5) is 5.13 Å².